The number of halogens is 1. The number of hydrogen-bond donors (Lipinski definition) is 1. The molecule has 1 heterocycles. The summed E-state index contributed by atoms with van der Waals surface area (Å²) in [5, 5.41) is 3.53. The molecule has 0 amide bonds. The summed E-state index contributed by atoms with van der Waals surface area (Å²) in [6, 6.07) is 6.90. The van der Waals surface area contributed by atoms with E-state index < -0.39 is 0 Å². The maximum absolute atomic E-state index is 4.45. The molecule has 0 aliphatic rings. The normalized spacial score (nSPS) is 12.6. The van der Waals surface area contributed by atoms with Crippen molar-refractivity contribution in [1.29, 1.82) is 0 Å². The molecule has 1 aromatic heterocycles. The molecule has 0 bridgehead atoms. The fourth-order valence-corrected chi connectivity index (χ4v) is 3.18. The van der Waals surface area contributed by atoms with E-state index in [1.165, 1.54) is 5.56 Å². The quantitative estimate of drug-likeness (QED) is 0.788. The topological polar surface area (TPSA) is 29.9 Å². The lowest BCUT2D eigenvalue weighted by Gasteiger charge is -2.17. The summed E-state index contributed by atoms with van der Waals surface area (Å²) in [4.78, 5) is 4.45. The van der Waals surface area contributed by atoms with Gasteiger partial charge >= 0.3 is 0 Å². The van der Waals surface area contributed by atoms with Gasteiger partial charge in [-0.1, -0.05) is 35.8 Å². The minimum atomic E-state index is 0.353. The van der Waals surface area contributed by atoms with Gasteiger partial charge in [0.15, 0.2) is 0 Å². The van der Waals surface area contributed by atoms with Gasteiger partial charge < -0.3 is 9.88 Å². The molecule has 114 valence electrons. The molecule has 2 aromatic rings. The molecule has 1 atom stereocenters. The molecule has 4 heteroatoms. The van der Waals surface area contributed by atoms with Crippen LogP contribution >= 0.6 is 15.9 Å². The van der Waals surface area contributed by atoms with Crippen molar-refractivity contribution in [2.24, 2.45) is 0 Å². The van der Waals surface area contributed by atoms with Crippen molar-refractivity contribution < 1.29 is 0 Å². The number of benzene rings is 1. The lowest BCUT2D eigenvalue weighted by Crippen LogP contribution is -2.19. The Morgan fingerprint density at radius 2 is 2.10 bits per heavy atom. The second-order valence-corrected chi connectivity index (χ2v) is 6.20. The average Bonchev–Trinajstić information content (AvgIpc) is 2.93. The number of aromatic nitrogens is 2. The monoisotopic (exact) mass is 349 g/mol. The van der Waals surface area contributed by atoms with Gasteiger partial charge in [0, 0.05) is 35.0 Å². The molecule has 21 heavy (non-hydrogen) atoms. The average molecular weight is 350 g/mol. The van der Waals surface area contributed by atoms with E-state index in [1.807, 2.05) is 12.4 Å². The first-order valence-electron chi connectivity index (χ1n) is 7.72. The van der Waals surface area contributed by atoms with E-state index in [2.05, 4.69) is 69.8 Å². The summed E-state index contributed by atoms with van der Waals surface area (Å²) < 4.78 is 3.31. The Balaban J connectivity index is 2.24. The highest BCUT2D eigenvalue weighted by molar-refractivity contribution is 9.10. The highest BCUT2D eigenvalue weighted by Crippen LogP contribution is 2.26. The number of nitrogens with one attached hydrogen (secondary N) is 1. The van der Waals surface area contributed by atoms with Gasteiger partial charge in [0.1, 0.15) is 5.82 Å². The maximum Gasteiger partial charge on any atom is 0.113 e. The number of imidazole rings is 1. The van der Waals surface area contributed by atoms with Gasteiger partial charge in [-0.15, -0.1) is 0 Å². The van der Waals surface area contributed by atoms with Crippen molar-refractivity contribution >= 4 is 15.9 Å². The zero-order valence-corrected chi connectivity index (χ0v) is 14.7. The Morgan fingerprint density at radius 3 is 2.76 bits per heavy atom. The van der Waals surface area contributed by atoms with Gasteiger partial charge in [-0.05, 0) is 44.0 Å². The van der Waals surface area contributed by atoms with Gasteiger partial charge in [-0.25, -0.2) is 4.98 Å². The van der Waals surface area contributed by atoms with E-state index in [-0.39, 0.29) is 0 Å². The van der Waals surface area contributed by atoms with Crippen LogP contribution in [0.25, 0.3) is 5.69 Å². The summed E-state index contributed by atoms with van der Waals surface area (Å²) in [5.41, 5.74) is 2.46. The Hall–Kier alpha value is -1.13. The summed E-state index contributed by atoms with van der Waals surface area (Å²) in [5.74, 6) is 1.12. The predicted molar refractivity (Wildman–Crippen MR) is 92.0 cm³/mol. The smallest absolute Gasteiger partial charge is 0.113 e. The van der Waals surface area contributed by atoms with Crippen LogP contribution in [0, 0.1) is 0 Å². The van der Waals surface area contributed by atoms with Gasteiger partial charge in [0.05, 0.1) is 0 Å². The summed E-state index contributed by atoms with van der Waals surface area (Å²) in [6.07, 6.45) is 7.16. The van der Waals surface area contributed by atoms with Crippen LogP contribution in [-0.4, -0.2) is 16.1 Å². The van der Waals surface area contributed by atoms with Gasteiger partial charge in [-0.3, -0.25) is 0 Å². The van der Waals surface area contributed by atoms with Crippen molar-refractivity contribution in [2.75, 3.05) is 6.54 Å². The molecular weight excluding hydrogens is 326 g/mol. The zero-order chi connectivity index (χ0) is 15.2. The van der Waals surface area contributed by atoms with Gasteiger partial charge in [0.2, 0.25) is 0 Å². The van der Waals surface area contributed by atoms with E-state index in [1.54, 1.807) is 0 Å². The summed E-state index contributed by atoms with van der Waals surface area (Å²) >= 11 is 3.72. The SMILES string of the molecule is CCCNC(C)c1ccc(-n2ccnc2CCC)cc1Br. The minimum Gasteiger partial charge on any atom is -0.310 e. The first-order valence-corrected chi connectivity index (χ1v) is 8.52. The van der Waals surface area contributed by atoms with Crippen molar-refractivity contribution in [3.63, 3.8) is 0 Å². The second-order valence-electron chi connectivity index (χ2n) is 5.35. The highest BCUT2D eigenvalue weighted by Gasteiger charge is 2.11. The van der Waals surface area contributed by atoms with Crippen molar-refractivity contribution in [2.45, 2.75) is 46.1 Å². The van der Waals surface area contributed by atoms with Crippen molar-refractivity contribution in [1.82, 2.24) is 14.9 Å². The van der Waals surface area contributed by atoms with Crippen LogP contribution in [0.5, 0.6) is 0 Å². The molecule has 1 unspecified atom stereocenters. The lowest BCUT2D eigenvalue weighted by molar-refractivity contribution is 0.569. The molecule has 0 saturated heterocycles. The molecule has 1 aromatic carbocycles. The van der Waals surface area contributed by atoms with E-state index in [9.17, 15) is 0 Å². The number of hydrogen-bond acceptors (Lipinski definition) is 2. The molecular formula is C17H24BrN3. The summed E-state index contributed by atoms with van der Waals surface area (Å²) in [7, 11) is 0. The molecule has 0 radical (unpaired) electrons. The predicted octanol–water partition coefficient (Wildman–Crippen LogP) is 4.65. The van der Waals surface area contributed by atoms with Crippen LogP contribution in [0.4, 0.5) is 0 Å². The molecule has 0 fully saturated rings. The van der Waals surface area contributed by atoms with Crippen LogP contribution in [0.1, 0.15) is 51.0 Å². The first-order chi connectivity index (χ1) is 10.2. The van der Waals surface area contributed by atoms with E-state index in [0.29, 0.717) is 6.04 Å². The van der Waals surface area contributed by atoms with Crippen molar-refractivity contribution in [3.8, 4) is 5.69 Å². The van der Waals surface area contributed by atoms with Gasteiger partial charge in [-0.2, -0.15) is 0 Å². The molecule has 0 aliphatic carbocycles. The fourth-order valence-electron chi connectivity index (χ4n) is 2.47. The minimum absolute atomic E-state index is 0.353. The number of rotatable bonds is 7. The zero-order valence-electron chi connectivity index (χ0n) is 13.1. The van der Waals surface area contributed by atoms with Crippen LogP contribution in [0.3, 0.4) is 0 Å². The van der Waals surface area contributed by atoms with Crippen LogP contribution in [0.2, 0.25) is 0 Å². The molecule has 2 rings (SSSR count). The maximum atomic E-state index is 4.45. The highest BCUT2D eigenvalue weighted by atomic mass is 79.9. The Labute approximate surface area is 135 Å². The van der Waals surface area contributed by atoms with Crippen LogP contribution in [-0.2, 0) is 6.42 Å². The Bertz CT molecular complexity index is 577. The lowest BCUT2D eigenvalue weighted by atomic mass is 10.1. The fraction of sp³-hybridized carbons (Fsp3) is 0.471. The molecule has 0 aliphatic heterocycles. The first kappa shape index (κ1) is 16.2. The third-order valence-electron chi connectivity index (χ3n) is 3.62. The number of nitrogens with zero attached hydrogens (tertiary/aromatic N) is 2. The Morgan fingerprint density at radius 1 is 1.29 bits per heavy atom. The van der Waals surface area contributed by atoms with E-state index in [0.717, 1.165) is 41.8 Å². The summed E-state index contributed by atoms with van der Waals surface area (Å²) in [6.45, 7) is 7.61. The molecule has 0 saturated carbocycles. The van der Waals surface area contributed by atoms with Crippen LogP contribution < -0.4 is 5.32 Å². The van der Waals surface area contributed by atoms with E-state index in [4.69, 9.17) is 0 Å². The molecule has 0 spiro atoms. The third-order valence-corrected chi connectivity index (χ3v) is 4.31. The standard InChI is InChI=1S/C17H24BrN3/c1-4-6-17-20-10-11-21(17)14-7-8-15(16(18)12-14)13(3)19-9-5-2/h7-8,10-13,19H,4-6,9H2,1-3H3. The molecule has 3 nitrogen and oxygen atoms in total. The largest absolute Gasteiger partial charge is 0.310 e. The van der Waals surface area contributed by atoms with Gasteiger partial charge in [0.25, 0.3) is 0 Å². The second kappa shape index (κ2) is 7.76. The van der Waals surface area contributed by atoms with Crippen LogP contribution in [0.15, 0.2) is 35.1 Å². The molecule has 1 N–H and O–H groups in total. The Kier molecular flexibility index (Phi) is 6.00. The van der Waals surface area contributed by atoms with Crippen molar-refractivity contribution in [3.05, 3.63) is 46.5 Å². The van der Waals surface area contributed by atoms with E-state index >= 15 is 0 Å². The third kappa shape index (κ3) is 3.95. The number of aryl methyl sites for hydroxylation is 1.